The van der Waals surface area contributed by atoms with Gasteiger partial charge in [0, 0.05) is 18.4 Å². The molecular formula is C14H22N2O3S. The van der Waals surface area contributed by atoms with E-state index in [2.05, 4.69) is 10.3 Å². The summed E-state index contributed by atoms with van der Waals surface area (Å²) < 4.78 is 5.67. The Morgan fingerprint density at radius 1 is 1.65 bits per heavy atom. The lowest BCUT2D eigenvalue weighted by atomic mass is 9.54. The molecule has 1 aliphatic rings. The van der Waals surface area contributed by atoms with E-state index in [1.807, 2.05) is 27.7 Å². The van der Waals surface area contributed by atoms with E-state index in [0.717, 1.165) is 5.69 Å². The fraction of sp³-hybridized carbons (Fsp3) is 0.714. The first kappa shape index (κ1) is 15.4. The van der Waals surface area contributed by atoms with Crippen molar-refractivity contribution in [1.29, 1.82) is 0 Å². The molecule has 2 atom stereocenters. The number of carbonyl (C=O) groups is 1. The number of nitrogens with zero attached hydrogens (tertiary/aromatic N) is 1. The van der Waals surface area contributed by atoms with Gasteiger partial charge in [0.2, 0.25) is 0 Å². The second-order valence-corrected chi connectivity index (χ2v) is 6.69. The van der Waals surface area contributed by atoms with E-state index in [1.54, 1.807) is 5.51 Å². The van der Waals surface area contributed by atoms with E-state index < -0.39 is 5.54 Å². The second-order valence-electron chi connectivity index (χ2n) is 5.83. The molecule has 0 aliphatic heterocycles. The van der Waals surface area contributed by atoms with Crippen LogP contribution in [0, 0.1) is 12.3 Å². The molecule has 1 aliphatic carbocycles. The molecule has 5 nitrogen and oxygen atoms in total. The first-order valence-electron chi connectivity index (χ1n) is 6.83. The van der Waals surface area contributed by atoms with Crippen molar-refractivity contribution in [3.63, 3.8) is 0 Å². The fourth-order valence-corrected chi connectivity index (χ4v) is 3.49. The maximum absolute atomic E-state index is 12.4. The fourth-order valence-electron chi connectivity index (χ4n) is 2.79. The van der Waals surface area contributed by atoms with E-state index in [0.29, 0.717) is 17.9 Å². The van der Waals surface area contributed by atoms with Crippen molar-refractivity contribution < 1.29 is 14.6 Å². The summed E-state index contributed by atoms with van der Waals surface area (Å²) in [4.78, 5) is 17.0. The summed E-state index contributed by atoms with van der Waals surface area (Å²) >= 11 is 1.32. The van der Waals surface area contributed by atoms with Crippen molar-refractivity contribution in [3.8, 4) is 0 Å². The highest BCUT2D eigenvalue weighted by atomic mass is 32.1. The number of aliphatic hydroxyl groups excluding tert-OH is 1. The molecule has 0 aromatic carbocycles. The third kappa shape index (κ3) is 2.25. The smallest absolute Gasteiger partial charge is 0.263 e. The summed E-state index contributed by atoms with van der Waals surface area (Å²) in [5, 5.41) is 12.8. The molecule has 0 radical (unpaired) electrons. The lowest BCUT2D eigenvalue weighted by Gasteiger charge is -2.60. The standard InChI is InChI=1S/C14H22N2O3S/c1-5-19-10-6-14(7-17,13(10,3)4)16-12(18)11-9(2)15-8-20-11/h8,10,17H,5-7H2,1-4H3,(H,16,18). The number of aliphatic hydroxyl groups is 1. The SMILES string of the molecule is CCOC1CC(CO)(NC(=O)c2scnc2C)C1(C)C. The maximum Gasteiger partial charge on any atom is 0.263 e. The molecule has 1 amide bonds. The Balaban J connectivity index is 2.14. The molecule has 0 saturated heterocycles. The predicted molar refractivity (Wildman–Crippen MR) is 77.9 cm³/mol. The summed E-state index contributed by atoms with van der Waals surface area (Å²) in [7, 11) is 0. The number of rotatable bonds is 5. The van der Waals surface area contributed by atoms with Gasteiger partial charge in [-0.25, -0.2) is 4.98 Å². The number of thiazole rings is 1. The molecule has 1 aromatic rings. The zero-order valence-corrected chi connectivity index (χ0v) is 13.2. The number of hydrogen-bond donors (Lipinski definition) is 2. The zero-order chi connectivity index (χ0) is 15.0. The van der Waals surface area contributed by atoms with E-state index in [4.69, 9.17) is 4.74 Å². The van der Waals surface area contributed by atoms with Crippen molar-refractivity contribution in [3.05, 3.63) is 16.1 Å². The molecule has 6 heteroatoms. The first-order chi connectivity index (χ1) is 9.38. The van der Waals surface area contributed by atoms with Gasteiger partial charge in [-0.05, 0) is 13.8 Å². The Labute approximate surface area is 123 Å². The normalized spacial score (nSPS) is 27.9. The third-order valence-corrected chi connectivity index (χ3v) is 5.44. The third-order valence-electron chi connectivity index (χ3n) is 4.51. The predicted octanol–water partition coefficient (Wildman–Crippen LogP) is 1.75. The van der Waals surface area contributed by atoms with Crippen LogP contribution in [0.4, 0.5) is 0 Å². The van der Waals surface area contributed by atoms with Crippen molar-refractivity contribution in [2.45, 2.75) is 45.8 Å². The average Bonchev–Trinajstić information content (AvgIpc) is 2.83. The van der Waals surface area contributed by atoms with Gasteiger partial charge in [0.1, 0.15) is 4.88 Å². The molecule has 2 unspecified atom stereocenters. The Morgan fingerprint density at radius 2 is 2.35 bits per heavy atom. The molecule has 2 N–H and O–H groups in total. The summed E-state index contributed by atoms with van der Waals surface area (Å²) in [6.45, 7) is 8.35. The van der Waals surface area contributed by atoms with Gasteiger partial charge in [0.15, 0.2) is 0 Å². The van der Waals surface area contributed by atoms with Crippen LogP contribution >= 0.6 is 11.3 Å². The monoisotopic (exact) mass is 298 g/mol. The van der Waals surface area contributed by atoms with Gasteiger partial charge in [0.25, 0.3) is 5.91 Å². The van der Waals surface area contributed by atoms with Crippen molar-refractivity contribution >= 4 is 17.2 Å². The summed E-state index contributed by atoms with van der Waals surface area (Å²) in [5.41, 5.74) is 1.45. The lowest BCUT2D eigenvalue weighted by Crippen LogP contribution is -2.74. The van der Waals surface area contributed by atoms with Crippen LogP contribution in [-0.4, -0.2) is 40.9 Å². The zero-order valence-electron chi connectivity index (χ0n) is 12.4. The molecule has 112 valence electrons. The van der Waals surface area contributed by atoms with Gasteiger partial charge >= 0.3 is 0 Å². The number of ether oxygens (including phenoxy) is 1. The van der Waals surface area contributed by atoms with Gasteiger partial charge < -0.3 is 15.2 Å². The molecule has 1 aromatic heterocycles. The first-order valence-corrected chi connectivity index (χ1v) is 7.71. The molecule has 1 saturated carbocycles. The number of aryl methyl sites for hydroxylation is 1. The largest absolute Gasteiger partial charge is 0.394 e. The van der Waals surface area contributed by atoms with E-state index >= 15 is 0 Å². The number of hydrogen-bond acceptors (Lipinski definition) is 5. The van der Waals surface area contributed by atoms with Crippen LogP contribution < -0.4 is 5.32 Å². The van der Waals surface area contributed by atoms with Crippen molar-refractivity contribution in [1.82, 2.24) is 10.3 Å². The maximum atomic E-state index is 12.4. The topological polar surface area (TPSA) is 71.5 Å². The summed E-state index contributed by atoms with van der Waals surface area (Å²) in [5.74, 6) is -0.165. The van der Waals surface area contributed by atoms with Gasteiger partial charge in [-0.1, -0.05) is 13.8 Å². The highest BCUT2D eigenvalue weighted by Crippen LogP contribution is 2.51. The van der Waals surface area contributed by atoms with Crippen molar-refractivity contribution in [2.75, 3.05) is 13.2 Å². The minimum Gasteiger partial charge on any atom is -0.394 e. The molecule has 20 heavy (non-hydrogen) atoms. The van der Waals surface area contributed by atoms with Crippen LogP contribution in [0.25, 0.3) is 0 Å². The molecule has 2 rings (SSSR count). The number of nitrogens with one attached hydrogen (secondary N) is 1. The van der Waals surface area contributed by atoms with Crippen LogP contribution in [0.3, 0.4) is 0 Å². The molecule has 0 bridgehead atoms. The van der Waals surface area contributed by atoms with E-state index in [-0.39, 0.29) is 24.0 Å². The Morgan fingerprint density at radius 3 is 2.80 bits per heavy atom. The van der Waals surface area contributed by atoms with E-state index in [1.165, 1.54) is 11.3 Å². The Hall–Kier alpha value is -0.980. The van der Waals surface area contributed by atoms with Crippen LogP contribution in [-0.2, 0) is 4.74 Å². The molecule has 1 heterocycles. The lowest BCUT2D eigenvalue weighted by molar-refractivity contribution is -0.172. The molecular weight excluding hydrogens is 276 g/mol. The minimum atomic E-state index is -0.625. The minimum absolute atomic E-state index is 0.0579. The van der Waals surface area contributed by atoms with Gasteiger partial charge in [-0.3, -0.25) is 4.79 Å². The van der Waals surface area contributed by atoms with Crippen LogP contribution in [0.2, 0.25) is 0 Å². The quantitative estimate of drug-likeness (QED) is 0.868. The van der Waals surface area contributed by atoms with Crippen LogP contribution in [0.1, 0.15) is 42.6 Å². The molecule has 0 spiro atoms. The van der Waals surface area contributed by atoms with Gasteiger partial charge in [-0.15, -0.1) is 11.3 Å². The van der Waals surface area contributed by atoms with Gasteiger partial charge in [-0.2, -0.15) is 0 Å². The Kier molecular flexibility index (Phi) is 4.18. The summed E-state index contributed by atoms with van der Waals surface area (Å²) in [6.07, 6.45) is 0.691. The second kappa shape index (κ2) is 5.42. The number of aromatic nitrogens is 1. The molecule has 1 fully saturated rings. The van der Waals surface area contributed by atoms with Crippen LogP contribution in [0.15, 0.2) is 5.51 Å². The average molecular weight is 298 g/mol. The van der Waals surface area contributed by atoms with Crippen LogP contribution in [0.5, 0.6) is 0 Å². The number of amides is 1. The Bertz CT molecular complexity index is 500. The van der Waals surface area contributed by atoms with E-state index in [9.17, 15) is 9.90 Å². The highest BCUT2D eigenvalue weighted by molar-refractivity contribution is 7.11. The van der Waals surface area contributed by atoms with Crippen molar-refractivity contribution in [2.24, 2.45) is 5.41 Å². The summed E-state index contributed by atoms with van der Waals surface area (Å²) in [6, 6.07) is 0. The highest BCUT2D eigenvalue weighted by Gasteiger charge is 2.61. The number of carbonyl (C=O) groups excluding carboxylic acids is 1. The van der Waals surface area contributed by atoms with Gasteiger partial charge in [0.05, 0.1) is 29.5 Å².